The van der Waals surface area contributed by atoms with Crippen LogP contribution in [0.4, 0.5) is 16.2 Å². The fourth-order valence-electron chi connectivity index (χ4n) is 1.95. The van der Waals surface area contributed by atoms with E-state index in [2.05, 4.69) is 17.6 Å². The van der Waals surface area contributed by atoms with Crippen molar-refractivity contribution in [3.8, 4) is 0 Å². The van der Waals surface area contributed by atoms with Gasteiger partial charge in [-0.25, -0.2) is 4.79 Å². The largest absolute Gasteiger partial charge is 0.385 e. The standard InChI is InChI=1S/C15H25N3O/c1-2-3-4-5-6-7-12-17-13-8-10-14(11-9-13)18-15(16)19/h8-11,17H,2-7,12H2,1H3,(H3,16,18,19). The number of nitrogens with one attached hydrogen (secondary N) is 2. The number of carbonyl (C=O) groups excluding carboxylic acids is 1. The molecule has 106 valence electrons. The van der Waals surface area contributed by atoms with Gasteiger partial charge in [-0.2, -0.15) is 0 Å². The lowest BCUT2D eigenvalue weighted by molar-refractivity contribution is 0.259. The number of unbranched alkanes of at least 4 members (excludes halogenated alkanes) is 5. The normalized spacial score (nSPS) is 10.2. The van der Waals surface area contributed by atoms with Crippen molar-refractivity contribution in [2.45, 2.75) is 45.4 Å². The number of carbonyl (C=O) groups is 1. The summed E-state index contributed by atoms with van der Waals surface area (Å²) in [6, 6.07) is 7.04. The third-order valence-corrected chi connectivity index (χ3v) is 3.01. The molecule has 0 heterocycles. The number of hydrogen-bond acceptors (Lipinski definition) is 2. The van der Waals surface area contributed by atoms with E-state index >= 15 is 0 Å². The first-order valence-corrected chi connectivity index (χ1v) is 7.12. The Morgan fingerprint density at radius 1 is 1.00 bits per heavy atom. The van der Waals surface area contributed by atoms with Gasteiger partial charge in [0.25, 0.3) is 0 Å². The Kier molecular flexibility index (Phi) is 7.47. The van der Waals surface area contributed by atoms with Gasteiger partial charge in [0.2, 0.25) is 0 Å². The highest BCUT2D eigenvalue weighted by Gasteiger charge is 1.96. The van der Waals surface area contributed by atoms with Crippen molar-refractivity contribution in [3.63, 3.8) is 0 Å². The topological polar surface area (TPSA) is 67.2 Å². The van der Waals surface area contributed by atoms with Gasteiger partial charge in [-0.3, -0.25) is 0 Å². The monoisotopic (exact) mass is 263 g/mol. The van der Waals surface area contributed by atoms with Gasteiger partial charge in [0, 0.05) is 17.9 Å². The molecular formula is C15H25N3O. The first-order chi connectivity index (χ1) is 9.22. The third-order valence-electron chi connectivity index (χ3n) is 3.01. The molecule has 0 atom stereocenters. The molecule has 0 saturated carbocycles. The van der Waals surface area contributed by atoms with Crippen LogP contribution in [0, 0.1) is 0 Å². The number of rotatable bonds is 9. The predicted molar refractivity (Wildman–Crippen MR) is 81.5 cm³/mol. The highest BCUT2D eigenvalue weighted by Crippen LogP contribution is 2.13. The highest BCUT2D eigenvalue weighted by atomic mass is 16.2. The van der Waals surface area contributed by atoms with Gasteiger partial charge in [0.05, 0.1) is 0 Å². The molecule has 0 bridgehead atoms. The van der Waals surface area contributed by atoms with Crippen LogP contribution in [0.2, 0.25) is 0 Å². The van der Waals surface area contributed by atoms with Gasteiger partial charge in [-0.1, -0.05) is 39.0 Å². The summed E-state index contributed by atoms with van der Waals surface area (Å²) in [6.07, 6.45) is 7.81. The summed E-state index contributed by atoms with van der Waals surface area (Å²) in [4.78, 5) is 10.7. The molecule has 19 heavy (non-hydrogen) atoms. The first-order valence-electron chi connectivity index (χ1n) is 7.12. The van der Waals surface area contributed by atoms with E-state index in [4.69, 9.17) is 5.73 Å². The van der Waals surface area contributed by atoms with E-state index in [0.29, 0.717) is 0 Å². The smallest absolute Gasteiger partial charge is 0.316 e. The number of benzene rings is 1. The zero-order valence-corrected chi connectivity index (χ0v) is 11.7. The van der Waals surface area contributed by atoms with E-state index < -0.39 is 6.03 Å². The van der Waals surface area contributed by atoms with Gasteiger partial charge >= 0.3 is 6.03 Å². The molecule has 4 nitrogen and oxygen atoms in total. The molecule has 4 heteroatoms. The molecule has 0 saturated heterocycles. The summed E-state index contributed by atoms with van der Waals surface area (Å²) in [7, 11) is 0. The quantitative estimate of drug-likeness (QED) is 0.590. The Hall–Kier alpha value is -1.71. The van der Waals surface area contributed by atoms with Crippen molar-refractivity contribution < 1.29 is 4.79 Å². The van der Waals surface area contributed by atoms with Gasteiger partial charge in [0.15, 0.2) is 0 Å². The fourth-order valence-corrected chi connectivity index (χ4v) is 1.95. The fraction of sp³-hybridized carbons (Fsp3) is 0.533. The molecule has 2 amide bonds. The summed E-state index contributed by atoms with van der Waals surface area (Å²) in [5, 5.41) is 5.91. The summed E-state index contributed by atoms with van der Waals surface area (Å²) in [6.45, 7) is 3.23. The summed E-state index contributed by atoms with van der Waals surface area (Å²) in [5.41, 5.74) is 6.84. The maximum Gasteiger partial charge on any atom is 0.316 e. The zero-order valence-electron chi connectivity index (χ0n) is 11.7. The van der Waals surface area contributed by atoms with Crippen LogP contribution in [0.3, 0.4) is 0 Å². The van der Waals surface area contributed by atoms with Crippen LogP contribution < -0.4 is 16.4 Å². The van der Waals surface area contributed by atoms with E-state index in [-0.39, 0.29) is 0 Å². The molecule has 1 aromatic carbocycles. The molecule has 0 aliphatic rings. The Labute approximate surface area is 115 Å². The minimum Gasteiger partial charge on any atom is -0.385 e. The van der Waals surface area contributed by atoms with Gasteiger partial charge in [-0.05, 0) is 30.7 Å². The Bertz CT molecular complexity index is 362. The second-order valence-corrected chi connectivity index (χ2v) is 4.76. The number of nitrogens with two attached hydrogens (primary N) is 1. The minimum absolute atomic E-state index is 0.534. The predicted octanol–water partition coefficient (Wildman–Crippen LogP) is 3.95. The lowest BCUT2D eigenvalue weighted by Crippen LogP contribution is -2.19. The van der Waals surface area contributed by atoms with Crippen LogP contribution in [-0.2, 0) is 0 Å². The molecule has 1 aromatic rings. The van der Waals surface area contributed by atoms with Crippen molar-refractivity contribution in [2.75, 3.05) is 17.2 Å². The van der Waals surface area contributed by atoms with Crippen LogP contribution in [0.5, 0.6) is 0 Å². The van der Waals surface area contributed by atoms with Crippen molar-refractivity contribution in [1.29, 1.82) is 0 Å². The molecule has 0 aromatic heterocycles. The Morgan fingerprint density at radius 2 is 1.58 bits per heavy atom. The van der Waals surface area contributed by atoms with Gasteiger partial charge in [0.1, 0.15) is 0 Å². The van der Waals surface area contributed by atoms with Crippen LogP contribution in [0.1, 0.15) is 45.4 Å². The average molecular weight is 263 g/mol. The second kappa shape index (κ2) is 9.25. The van der Waals surface area contributed by atoms with Crippen LogP contribution in [0.15, 0.2) is 24.3 Å². The molecule has 0 unspecified atom stereocenters. The van der Waals surface area contributed by atoms with E-state index in [1.54, 1.807) is 0 Å². The molecule has 4 N–H and O–H groups in total. The number of hydrogen-bond donors (Lipinski definition) is 3. The van der Waals surface area contributed by atoms with Crippen molar-refractivity contribution >= 4 is 17.4 Å². The SMILES string of the molecule is CCCCCCCCNc1ccc(NC(N)=O)cc1. The van der Waals surface area contributed by atoms with E-state index in [0.717, 1.165) is 17.9 Å². The molecule has 0 spiro atoms. The molecule has 0 aliphatic carbocycles. The Balaban J connectivity index is 2.14. The number of primary amides is 1. The van der Waals surface area contributed by atoms with Crippen molar-refractivity contribution in [2.24, 2.45) is 5.73 Å². The van der Waals surface area contributed by atoms with E-state index in [9.17, 15) is 4.79 Å². The maximum atomic E-state index is 10.7. The molecule has 0 radical (unpaired) electrons. The van der Waals surface area contributed by atoms with Crippen LogP contribution >= 0.6 is 0 Å². The van der Waals surface area contributed by atoms with E-state index in [1.165, 1.54) is 38.5 Å². The third kappa shape index (κ3) is 7.34. The summed E-state index contributed by atoms with van der Waals surface area (Å²) >= 11 is 0. The van der Waals surface area contributed by atoms with Gasteiger partial charge < -0.3 is 16.4 Å². The molecule has 0 aliphatic heterocycles. The number of urea groups is 1. The number of anilines is 2. The van der Waals surface area contributed by atoms with Crippen molar-refractivity contribution in [1.82, 2.24) is 0 Å². The summed E-state index contributed by atoms with van der Waals surface area (Å²) < 4.78 is 0. The maximum absolute atomic E-state index is 10.7. The molecule has 0 fully saturated rings. The lowest BCUT2D eigenvalue weighted by Gasteiger charge is -2.07. The van der Waals surface area contributed by atoms with Crippen LogP contribution in [-0.4, -0.2) is 12.6 Å². The zero-order chi connectivity index (χ0) is 13.9. The lowest BCUT2D eigenvalue weighted by atomic mass is 10.1. The molecule has 1 rings (SSSR count). The molecular weight excluding hydrogens is 238 g/mol. The van der Waals surface area contributed by atoms with Gasteiger partial charge in [-0.15, -0.1) is 0 Å². The average Bonchev–Trinajstić information content (AvgIpc) is 2.39. The van der Waals surface area contributed by atoms with E-state index in [1.807, 2.05) is 24.3 Å². The minimum atomic E-state index is -0.534. The Morgan fingerprint density at radius 3 is 2.21 bits per heavy atom. The second-order valence-electron chi connectivity index (χ2n) is 4.76. The summed E-state index contributed by atoms with van der Waals surface area (Å²) in [5.74, 6) is 0. The first kappa shape index (κ1) is 15.3. The highest BCUT2D eigenvalue weighted by molar-refractivity contribution is 5.87. The van der Waals surface area contributed by atoms with Crippen LogP contribution in [0.25, 0.3) is 0 Å². The van der Waals surface area contributed by atoms with Crippen molar-refractivity contribution in [3.05, 3.63) is 24.3 Å². The number of amides is 2.